The minimum Gasteiger partial charge on any atom is -0.396 e. The topological polar surface area (TPSA) is 37.3 Å². The first-order chi connectivity index (χ1) is 7.94. The van der Waals surface area contributed by atoms with Gasteiger partial charge in [-0.1, -0.05) is 55.7 Å². The van der Waals surface area contributed by atoms with Gasteiger partial charge in [0.2, 0.25) is 0 Å². The van der Waals surface area contributed by atoms with Gasteiger partial charge in [-0.3, -0.25) is 4.79 Å². The number of carbonyl (C=O) groups is 1. The van der Waals surface area contributed by atoms with Gasteiger partial charge < -0.3 is 5.11 Å². The molecule has 0 atom stereocenters. The van der Waals surface area contributed by atoms with Gasteiger partial charge in [0.1, 0.15) is 0 Å². The van der Waals surface area contributed by atoms with E-state index in [2.05, 4.69) is 25.3 Å². The van der Waals surface area contributed by atoms with Crippen molar-refractivity contribution in [2.45, 2.75) is 26.1 Å². The van der Waals surface area contributed by atoms with Crippen molar-refractivity contribution in [2.75, 3.05) is 6.61 Å². The van der Waals surface area contributed by atoms with Crippen molar-refractivity contribution in [3.63, 3.8) is 0 Å². The maximum absolute atomic E-state index is 12.3. The van der Waals surface area contributed by atoms with Gasteiger partial charge in [0.05, 0.1) is 8.07 Å². The SMILES string of the molecule is C[Si](C)(C)/C=C(\CCO)C(=O)c1ccccc1. The standard InChI is InChI=1S/C14H20O2Si/c1-17(2,3)11-13(9-10-15)14(16)12-7-5-4-6-8-12/h4-8,11,15H,9-10H2,1-3H3/b13-11+. The summed E-state index contributed by atoms with van der Waals surface area (Å²) in [7, 11) is -1.45. The predicted molar refractivity (Wildman–Crippen MR) is 73.9 cm³/mol. The summed E-state index contributed by atoms with van der Waals surface area (Å²) in [5.41, 5.74) is 3.53. The highest BCUT2D eigenvalue weighted by Crippen LogP contribution is 2.15. The smallest absolute Gasteiger partial charge is 0.188 e. The lowest BCUT2D eigenvalue weighted by molar-refractivity contribution is 0.102. The molecule has 0 aliphatic rings. The molecule has 92 valence electrons. The average molecular weight is 248 g/mol. The second-order valence-electron chi connectivity index (χ2n) is 5.20. The van der Waals surface area contributed by atoms with Crippen LogP contribution in [0.4, 0.5) is 0 Å². The molecule has 0 spiro atoms. The van der Waals surface area contributed by atoms with E-state index >= 15 is 0 Å². The number of rotatable bonds is 5. The zero-order chi connectivity index (χ0) is 12.9. The van der Waals surface area contributed by atoms with E-state index in [0.717, 1.165) is 5.57 Å². The Morgan fingerprint density at radius 3 is 2.29 bits per heavy atom. The molecule has 0 aliphatic carbocycles. The second kappa shape index (κ2) is 5.94. The number of ketones is 1. The molecule has 0 radical (unpaired) electrons. The number of hydrogen-bond donors (Lipinski definition) is 1. The molecule has 0 bridgehead atoms. The van der Waals surface area contributed by atoms with E-state index in [1.165, 1.54) is 0 Å². The highest BCUT2D eigenvalue weighted by atomic mass is 28.3. The third kappa shape index (κ3) is 4.67. The predicted octanol–water partition coefficient (Wildman–Crippen LogP) is 3.06. The molecular formula is C14H20O2Si. The fourth-order valence-corrected chi connectivity index (χ4v) is 2.99. The van der Waals surface area contributed by atoms with Crippen molar-refractivity contribution in [1.82, 2.24) is 0 Å². The molecular weight excluding hydrogens is 228 g/mol. The molecule has 2 nitrogen and oxygen atoms in total. The third-order valence-corrected chi connectivity index (χ3v) is 3.53. The summed E-state index contributed by atoms with van der Waals surface area (Å²) >= 11 is 0. The fraction of sp³-hybridized carbons (Fsp3) is 0.357. The third-order valence-electron chi connectivity index (χ3n) is 2.32. The minimum atomic E-state index is -1.45. The number of aliphatic hydroxyl groups excluding tert-OH is 1. The monoisotopic (exact) mass is 248 g/mol. The van der Waals surface area contributed by atoms with Crippen LogP contribution in [0.3, 0.4) is 0 Å². The van der Waals surface area contributed by atoms with Crippen LogP contribution in [-0.4, -0.2) is 25.6 Å². The summed E-state index contributed by atoms with van der Waals surface area (Å²) in [5.74, 6) is 0.0436. The number of Topliss-reactive ketones (excluding diaryl/α,β-unsaturated/α-hetero) is 1. The van der Waals surface area contributed by atoms with Gasteiger partial charge in [0.15, 0.2) is 5.78 Å². The molecule has 17 heavy (non-hydrogen) atoms. The maximum atomic E-state index is 12.3. The van der Waals surface area contributed by atoms with E-state index in [0.29, 0.717) is 12.0 Å². The van der Waals surface area contributed by atoms with Crippen molar-refractivity contribution < 1.29 is 9.90 Å². The highest BCUT2D eigenvalue weighted by molar-refractivity contribution is 6.81. The lowest BCUT2D eigenvalue weighted by Gasteiger charge is -2.13. The molecule has 1 N–H and O–H groups in total. The second-order valence-corrected chi connectivity index (χ2v) is 10.2. The number of benzene rings is 1. The van der Waals surface area contributed by atoms with E-state index in [-0.39, 0.29) is 12.4 Å². The van der Waals surface area contributed by atoms with Crippen LogP contribution in [0.2, 0.25) is 19.6 Å². The first-order valence-electron chi connectivity index (χ1n) is 5.86. The quantitative estimate of drug-likeness (QED) is 0.494. The van der Waals surface area contributed by atoms with E-state index in [4.69, 9.17) is 5.11 Å². The molecule has 0 saturated heterocycles. The van der Waals surface area contributed by atoms with Gasteiger partial charge in [-0.25, -0.2) is 0 Å². The van der Waals surface area contributed by atoms with E-state index in [9.17, 15) is 4.79 Å². The average Bonchev–Trinajstić information content (AvgIpc) is 2.27. The first kappa shape index (κ1) is 13.9. The van der Waals surface area contributed by atoms with Crippen LogP contribution in [0.25, 0.3) is 0 Å². The van der Waals surface area contributed by atoms with Crippen LogP contribution >= 0.6 is 0 Å². The van der Waals surface area contributed by atoms with E-state index < -0.39 is 8.07 Å². The molecule has 1 aromatic rings. The molecule has 1 aromatic carbocycles. The molecule has 1 rings (SSSR count). The summed E-state index contributed by atoms with van der Waals surface area (Å²) < 4.78 is 0. The molecule has 0 heterocycles. The molecule has 0 aliphatic heterocycles. The Labute approximate surface area is 104 Å². The van der Waals surface area contributed by atoms with Crippen LogP contribution in [0.1, 0.15) is 16.8 Å². The summed E-state index contributed by atoms with van der Waals surface area (Å²) in [6, 6.07) is 9.25. The normalized spacial score (nSPS) is 12.6. The van der Waals surface area contributed by atoms with Crippen LogP contribution in [0.5, 0.6) is 0 Å². The van der Waals surface area contributed by atoms with E-state index in [1.54, 1.807) is 0 Å². The van der Waals surface area contributed by atoms with Crippen molar-refractivity contribution >= 4 is 13.9 Å². The molecule has 0 amide bonds. The zero-order valence-corrected chi connectivity index (χ0v) is 11.7. The Morgan fingerprint density at radius 2 is 1.82 bits per heavy atom. The lowest BCUT2D eigenvalue weighted by Crippen LogP contribution is -2.19. The van der Waals surface area contributed by atoms with Crippen LogP contribution < -0.4 is 0 Å². The Hall–Kier alpha value is -1.19. The van der Waals surface area contributed by atoms with Gasteiger partial charge in [0, 0.05) is 12.2 Å². The molecule has 0 fully saturated rings. The van der Waals surface area contributed by atoms with Gasteiger partial charge in [-0.05, 0) is 12.0 Å². The van der Waals surface area contributed by atoms with Crippen LogP contribution in [0.15, 0.2) is 41.6 Å². The summed E-state index contributed by atoms with van der Waals surface area (Å²) in [5, 5.41) is 9.05. The Bertz CT molecular complexity index is 402. The van der Waals surface area contributed by atoms with Gasteiger partial charge in [0.25, 0.3) is 0 Å². The summed E-state index contributed by atoms with van der Waals surface area (Å²) in [6.45, 7) is 6.57. The highest BCUT2D eigenvalue weighted by Gasteiger charge is 2.16. The van der Waals surface area contributed by atoms with Crippen LogP contribution in [-0.2, 0) is 0 Å². The lowest BCUT2D eigenvalue weighted by atomic mass is 10.0. The van der Waals surface area contributed by atoms with Crippen molar-refractivity contribution in [2.24, 2.45) is 0 Å². The number of carbonyl (C=O) groups excluding carboxylic acids is 1. The van der Waals surface area contributed by atoms with Crippen molar-refractivity contribution in [1.29, 1.82) is 0 Å². The molecule has 0 unspecified atom stereocenters. The van der Waals surface area contributed by atoms with Gasteiger partial charge >= 0.3 is 0 Å². The fourth-order valence-electron chi connectivity index (χ4n) is 1.67. The van der Waals surface area contributed by atoms with Gasteiger partial charge in [-0.2, -0.15) is 0 Å². The Balaban J connectivity index is 3.01. The summed E-state index contributed by atoms with van der Waals surface area (Å²) in [4.78, 5) is 12.3. The number of aliphatic hydroxyl groups is 1. The van der Waals surface area contributed by atoms with Crippen molar-refractivity contribution in [3.8, 4) is 0 Å². The molecule has 3 heteroatoms. The molecule has 0 saturated carbocycles. The van der Waals surface area contributed by atoms with E-state index in [1.807, 2.05) is 30.3 Å². The zero-order valence-electron chi connectivity index (χ0n) is 10.7. The minimum absolute atomic E-state index is 0.0227. The largest absolute Gasteiger partial charge is 0.396 e. The van der Waals surface area contributed by atoms with Crippen LogP contribution in [0, 0.1) is 0 Å². The maximum Gasteiger partial charge on any atom is 0.188 e. The van der Waals surface area contributed by atoms with Crippen molar-refractivity contribution in [3.05, 3.63) is 47.2 Å². The van der Waals surface area contributed by atoms with Gasteiger partial charge in [-0.15, -0.1) is 0 Å². The summed E-state index contributed by atoms with van der Waals surface area (Å²) in [6.07, 6.45) is 0.442. The Morgan fingerprint density at radius 1 is 1.24 bits per heavy atom. The Kier molecular flexibility index (Phi) is 4.84. The first-order valence-corrected chi connectivity index (χ1v) is 9.44. The molecule has 0 aromatic heterocycles. The number of hydrogen-bond acceptors (Lipinski definition) is 2.